The highest BCUT2D eigenvalue weighted by Crippen LogP contribution is 2.45. The van der Waals surface area contributed by atoms with Crippen molar-refractivity contribution in [1.29, 1.82) is 0 Å². The monoisotopic (exact) mass is 1440 g/mol. The van der Waals surface area contributed by atoms with Crippen LogP contribution in [0.25, 0.3) is 153 Å². The number of rotatable bonds is 10. The Balaban J connectivity index is 0.000000101. The fraction of sp³-hybridized carbons (Fsp3) is 0.0741. The highest BCUT2D eigenvalue weighted by Gasteiger charge is 2.22. The summed E-state index contributed by atoms with van der Waals surface area (Å²) < 4.78 is 25.9. The van der Waals surface area contributed by atoms with Crippen LogP contribution < -0.4 is 0 Å². The zero-order chi connectivity index (χ0) is 75.2. The van der Waals surface area contributed by atoms with Crippen LogP contribution in [0, 0.1) is 27.7 Å². The summed E-state index contributed by atoms with van der Waals surface area (Å²) in [6.07, 6.45) is 3.47. The number of benzene rings is 18. The van der Waals surface area contributed by atoms with Crippen LogP contribution in [0.3, 0.4) is 0 Å². The number of aryl methyl sites for hydroxylation is 4. The Hall–Kier alpha value is -13.8. The normalized spacial score (nSPS) is 11.5. The van der Waals surface area contributed by atoms with E-state index in [4.69, 9.17) is 17.7 Å². The Morgan fingerprint density at radius 3 is 1.20 bits per heavy atom. The average molecular weight is 1440 g/mol. The molecular formula is C108H80O4. The van der Waals surface area contributed by atoms with E-state index in [1.165, 1.54) is 170 Å². The Labute approximate surface area is 650 Å². The first-order valence-electron chi connectivity index (χ1n) is 38.8. The predicted molar refractivity (Wildman–Crippen MR) is 472 cm³/mol. The number of furan rings is 4. The maximum absolute atomic E-state index is 6.68. The molecule has 4 heteroatoms. The highest BCUT2D eigenvalue weighted by molar-refractivity contribution is 6.20. The van der Waals surface area contributed by atoms with E-state index in [1.54, 1.807) is 0 Å². The molecule has 0 unspecified atom stereocenters. The second-order valence-corrected chi connectivity index (χ2v) is 30.0. The number of para-hydroxylation sites is 4. The molecule has 0 aliphatic carbocycles. The molecule has 0 N–H and O–H groups in total. The van der Waals surface area contributed by atoms with Crippen LogP contribution in [-0.2, 0) is 25.7 Å². The van der Waals surface area contributed by atoms with Crippen LogP contribution in [0.5, 0.6) is 0 Å². The van der Waals surface area contributed by atoms with Gasteiger partial charge >= 0.3 is 0 Å². The van der Waals surface area contributed by atoms with Crippen LogP contribution >= 0.6 is 0 Å². The van der Waals surface area contributed by atoms with E-state index < -0.39 is 0 Å². The van der Waals surface area contributed by atoms with Crippen molar-refractivity contribution in [1.82, 2.24) is 0 Å². The maximum Gasteiger partial charge on any atom is 0.143 e. The van der Waals surface area contributed by atoms with Crippen molar-refractivity contribution >= 4 is 131 Å². The minimum atomic E-state index is 0.847. The summed E-state index contributed by atoms with van der Waals surface area (Å²) in [6, 6.07) is 129. The van der Waals surface area contributed by atoms with Crippen molar-refractivity contribution in [3.8, 4) is 22.3 Å². The van der Waals surface area contributed by atoms with Crippen LogP contribution in [0.15, 0.2) is 382 Å². The molecule has 22 rings (SSSR count). The molecule has 4 nitrogen and oxygen atoms in total. The van der Waals surface area contributed by atoms with Gasteiger partial charge in [0.1, 0.15) is 44.7 Å². The standard InChI is InChI=1S/2C30H22O.2C24H18O/c1-20-9-7-10-21(17-20)18-24-14-8-16-26-27-19-23-13-5-6-15-25(23)28(30(27)31-29(24)26)22-11-3-2-4-12-22;1-20-9-7-10-21(17-20)18-27-24-14-6-5-13-23(24)19-28-26-16-8-15-25(29(26)31-30(27)28)22-11-3-2-4-12-22;1-16-10-12-17(13-11-16)14-21-19-7-3-2-6-18(19)15-22-20-8-4-5-9-23(20)25-24(21)22;1-16-9-11-17(12-10-16)13-20-7-4-8-21-22-14-18-5-2-3-6-19(18)15-23(22)25-24(20)21/h2*2-17,19H,18H2,1H3;2-13,15H,14H2,1H3;2-12,14-15H,13H2,1H3. The van der Waals surface area contributed by atoms with Gasteiger partial charge in [0.05, 0.1) is 0 Å². The molecule has 0 radical (unpaired) electrons. The van der Waals surface area contributed by atoms with Gasteiger partial charge in [0.2, 0.25) is 0 Å². The van der Waals surface area contributed by atoms with Crippen molar-refractivity contribution in [3.05, 3.63) is 431 Å². The first-order chi connectivity index (χ1) is 55.1. The van der Waals surface area contributed by atoms with E-state index in [0.717, 1.165) is 75.9 Å². The number of hydrogen-bond donors (Lipinski definition) is 0. The first-order valence-corrected chi connectivity index (χ1v) is 38.8. The summed E-state index contributed by atoms with van der Waals surface area (Å²) in [4.78, 5) is 0. The maximum atomic E-state index is 6.68. The quantitative estimate of drug-likeness (QED) is 0.137. The second-order valence-electron chi connectivity index (χ2n) is 30.0. The summed E-state index contributed by atoms with van der Waals surface area (Å²) >= 11 is 0. The van der Waals surface area contributed by atoms with Crippen molar-refractivity contribution in [3.63, 3.8) is 0 Å². The Bertz CT molecular complexity index is 7270. The molecular weight excluding hydrogens is 1360 g/mol. The van der Waals surface area contributed by atoms with Gasteiger partial charge in [-0.15, -0.1) is 0 Å². The van der Waals surface area contributed by atoms with Gasteiger partial charge in [-0.3, -0.25) is 0 Å². The van der Waals surface area contributed by atoms with E-state index in [2.05, 4.69) is 386 Å². The predicted octanol–water partition coefficient (Wildman–Crippen LogP) is 29.9. The topological polar surface area (TPSA) is 52.6 Å². The molecule has 0 atom stereocenters. The van der Waals surface area contributed by atoms with Gasteiger partial charge in [0, 0.05) is 91.0 Å². The molecule has 0 aliphatic heterocycles. The average Bonchev–Trinajstić information content (AvgIpc) is 1.58. The molecule has 0 saturated carbocycles. The highest BCUT2D eigenvalue weighted by atomic mass is 16.3. The molecule has 4 aromatic heterocycles. The van der Waals surface area contributed by atoms with Crippen LogP contribution in [0.4, 0.5) is 0 Å². The molecule has 22 aromatic rings. The minimum Gasteiger partial charge on any atom is -0.456 e. The second kappa shape index (κ2) is 29.6. The zero-order valence-electron chi connectivity index (χ0n) is 63.1. The lowest BCUT2D eigenvalue weighted by Crippen LogP contribution is -1.92. The van der Waals surface area contributed by atoms with Crippen molar-refractivity contribution < 1.29 is 17.7 Å². The third-order valence-corrected chi connectivity index (χ3v) is 22.3. The third kappa shape index (κ3) is 13.4. The lowest BCUT2D eigenvalue weighted by atomic mass is 9.94. The molecule has 0 aliphatic rings. The SMILES string of the molecule is Cc1ccc(Cc2c3ccccc3cc3c2oc2ccccc23)cc1.Cc1ccc(Cc2cccc3c2oc2cc4ccccc4cc23)cc1.Cc1cccc(Cc2c3ccccc3cc3c2oc2c(-c4ccccc4)cccc23)c1.Cc1cccc(Cc2cccc3c2oc2c(-c4ccccc4)c4ccccc4cc23)c1. The molecule has 0 bridgehead atoms. The number of hydrogen-bond acceptors (Lipinski definition) is 4. The van der Waals surface area contributed by atoms with Crippen LogP contribution in [0.2, 0.25) is 0 Å². The first kappa shape index (κ1) is 68.7. The van der Waals surface area contributed by atoms with Gasteiger partial charge in [0.15, 0.2) is 0 Å². The fourth-order valence-corrected chi connectivity index (χ4v) is 16.8. The van der Waals surface area contributed by atoms with Crippen molar-refractivity contribution in [2.24, 2.45) is 0 Å². The van der Waals surface area contributed by atoms with Gasteiger partial charge in [-0.1, -0.05) is 350 Å². The molecule has 112 heavy (non-hydrogen) atoms. The Morgan fingerprint density at radius 1 is 0.196 bits per heavy atom. The van der Waals surface area contributed by atoms with Gasteiger partial charge in [-0.05, 0) is 152 Å². The lowest BCUT2D eigenvalue weighted by molar-refractivity contribution is 0.664. The zero-order valence-corrected chi connectivity index (χ0v) is 63.1. The molecule has 0 amide bonds. The molecule has 0 spiro atoms. The summed E-state index contributed by atoms with van der Waals surface area (Å²) in [5.74, 6) is 0. The smallest absolute Gasteiger partial charge is 0.143 e. The van der Waals surface area contributed by atoms with Gasteiger partial charge in [-0.25, -0.2) is 0 Å². The van der Waals surface area contributed by atoms with Gasteiger partial charge in [0.25, 0.3) is 0 Å². The summed E-state index contributed by atoms with van der Waals surface area (Å²) in [5, 5.41) is 19.5. The summed E-state index contributed by atoms with van der Waals surface area (Å²) in [6.45, 7) is 8.53. The largest absolute Gasteiger partial charge is 0.456 e. The van der Waals surface area contributed by atoms with Gasteiger partial charge < -0.3 is 17.7 Å². The molecule has 536 valence electrons. The van der Waals surface area contributed by atoms with Gasteiger partial charge in [-0.2, -0.15) is 0 Å². The summed E-state index contributed by atoms with van der Waals surface area (Å²) in [7, 11) is 0. The van der Waals surface area contributed by atoms with E-state index in [0.29, 0.717) is 0 Å². The van der Waals surface area contributed by atoms with Crippen molar-refractivity contribution in [2.45, 2.75) is 53.4 Å². The Kier molecular flexibility index (Phi) is 18.2. The van der Waals surface area contributed by atoms with Crippen LogP contribution in [0.1, 0.15) is 66.8 Å². The van der Waals surface area contributed by atoms with E-state index >= 15 is 0 Å². The Morgan fingerprint density at radius 2 is 0.589 bits per heavy atom. The fourth-order valence-electron chi connectivity index (χ4n) is 16.8. The van der Waals surface area contributed by atoms with Crippen molar-refractivity contribution in [2.75, 3.05) is 0 Å². The van der Waals surface area contributed by atoms with E-state index in [-0.39, 0.29) is 0 Å². The van der Waals surface area contributed by atoms with E-state index in [1.807, 2.05) is 6.07 Å². The molecule has 18 aromatic carbocycles. The number of fused-ring (bicyclic) bond motifs is 16. The summed E-state index contributed by atoms with van der Waals surface area (Å²) in [5.41, 5.74) is 27.9. The van der Waals surface area contributed by atoms with Crippen LogP contribution in [-0.4, -0.2) is 0 Å². The molecule has 0 fully saturated rings. The molecule has 4 heterocycles. The minimum absolute atomic E-state index is 0.847. The van der Waals surface area contributed by atoms with E-state index in [9.17, 15) is 0 Å². The molecule has 0 saturated heterocycles. The third-order valence-electron chi connectivity index (χ3n) is 22.3. The lowest BCUT2D eigenvalue weighted by Gasteiger charge is -2.09.